The lowest BCUT2D eigenvalue weighted by Gasteiger charge is -2.20. The van der Waals surface area contributed by atoms with E-state index in [9.17, 15) is 10.4 Å². The van der Waals surface area contributed by atoms with Crippen molar-refractivity contribution in [1.29, 1.82) is 5.26 Å². The molecule has 1 aromatic carbocycles. The fourth-order valence-corrected chi connectivity index (χ4v) is 3.60. The van der Waals surface area contributed by atoms with E-state index < -0.39 is 0 Å². The van der Waals surface area contributed by atoms with Gasteiger partial charge in [0.25, 0.3) is 0 Å². The van der Waals surface area contributed by atoms with Gasteiger partial charge in [-0.3, -0.25) is 0 Å². The molecule has 0 amide bonds. The fourth-order valence-electron chi connectivity index (χ4n) is 3.60. The predicted octanol–water partition coefficient (Wildman–Crippen LogP) is 5.08. The average Bonchev–Trinajstić information content (AvgIpc) is 2.78. The van der Waals surface area contributed by atoms with Gasteiger partial charge in [0, 0.05) is 37.0 Å². The van der Waals surface area contributed by atoms with Gasteiger partial charge >= 0.3 is 0 Å². The monoisotopic (exact) mass is 426 g/mol. The molecule has 1 unspecified atom stereocenters. The Morgan fingerprint density at radius 2 is 1.97 bits per heavy atom. The second-order valence-electron chi connectivity index (χ2n) is 7.59. The van der Waals surface area contributed by atoms with Crippen LogP contribution in [-0.2, 0) is 11.2 Å². The number of aromatic hydroxyl groups is 1. The number of hydrogen-bond donors (Lipinski definition) is 2. The molecular formula is C24H34N4O3. The Labute approximate surface area is 185 Å². The van der Waals surface area contributed by atoms with E-state index in [1.165, 1.54) is 18.9 Å². The summed E-state index contributed by atoms with van der Waals surface area (Å²) in [7, 11) is 3.20. The molecule has 0 aliphatic carbocycles. The number of unbranched alkanes of at least 4 members (excludes halogenated alkanes) is 2. The van der Waals surface area contributed by atoms with Crippen LogP contribution in [0.5, 0.6) is 11.5 Å². The average molecular weight is 427 g/mol. The first-order chi connectivity index (χ1) is 15.1. The van der Waals surface area contributed by atoms with Crippen molar-refractivity contribution in [2.45, 2.75) is 64.8 Å². The summed E-state index contributed by atoms with van der Waals surface area (Å²) in [6.45, 7) is 4.89. The summed E-state index contributed by atoms with van der Waals surface area (Å²) in [5.74, 6) is 1.10. The standard InChI is InChI=1S/C24H34N4O3/c1-5-7-8-10-17(6-2)26-24-21(16-25)19(11-9-14-30-3)23(27-28-24)20-13-12-18(31-4)15-22(20)29/h12-13,15,17,29H,5-11,14H2,1-4H3,(H,26,28). The number of benzene rings is 1. The Balaban J connectivity index is 2.46. The number of hydrogen-bond acceptors (Lipinski definition) is 7. The highest BCUT2D eigenvalue weighted by atomic mass is 16.5. The second kappa shape index (κ2) is 12.8. The number of ether oxygens (including phenoxy) is 2. The van der Waals surface area contributed by atoms with Crippen LogP contribution in [0.4, 0.5) is 5.82 Å². The highest BCUT2D eigenvalue weighted by Gasteiger charge is 2.21. The Kier molecular flexibility index (Phi) is 10.0. The quantitative estimate of drug-likeness (QED) is 0.431. The van der Waals surface area contributed by atoms with Crippen LogP contribution >= 0.6 is 0 Å². The molecule has 2 rings (SSSR count). The molecular weight excluding hydrogens is 392 g/mol. The summed E-state index contributed by atoms with van der Waals surface area (Å²) >= 11 is 0. The largest absolute Gasteiger partial charge is 0.507 e. The minimum Gasteiger partial charge on any atom is -0.507 e. The lowest BCUT2D eigenvalue weighted by Crippen LogP contribution is -2.21. The molecule has 0 bridgehead atoms. The Morgan fingerprint density at radius 1 is 1.16 bits per heavy atom. The van der Waals surface area contributed by atoms with Gasteiger partial charge in [0.1, 0.15) is 28.8 Å². The van der Waals surface area contributed by atoms with E-state index >= 15 is 0 Å². The fraction of sp³-hybridized carbons (Fsp3) is 0.542. The Morgan fingerprint density at radius 3 is 2.58 bits per heavy atom. The molecule has 0 fully saturated rings. The zero-order valence-electron chi connectivity index (χ0n) is 19.1. The molecule has 0 saturated heterocycles. The smallest absolute Gasteiger partial charge is 0.167 e. The number of phenolic OH excluding ortho intramolecular Hbond substituents is 1. The summed E-state index contributed by atoms with van der Waals surface area (Å²) < 4.78 is 10.4. The van der Waals surface area contributed by atoms with E-state index in [4.69, 9.17) is 9.47 Å². The van der Waals surface area contributed by atoms with Gasteiger partial charge in [-0.15, -0.1) is 10.2 Å². The van der Waals surface area contributed by atoms with Crippen LogP contribution in [0, 0.1) is 11.3 Å². The second-order valence-corrected chi connectivity index (χ2v) is 7.59. The minimum absolute atomic E-state index is 0.0391. The van der Waals surface area contributed by atoms with Crippen LogP contribution < -0.4 is 10.1 Å². The number of anilines is 1. The third-order valence-corrected chi connectivity index (χ3v) is 5.41. The van der Waals surface area contributed by atoms with Crippen LogP contribution in [0.3, 0.4) is 0 Å². The van der Waals surface area contributed by atoms with E-state index in [0.717, 1.165) is 31.2 Å². The predicted molar refractivity (Wildman–Crippen MR) is 122 cm³/mol. The number of phenols is 1. The van der Waals surface area contributed by atoms with Crippen molar-refractivity contribution in [2.24, 2.45) is 0 Å². The van der Waals surface area contributed by atoms with E-state index in [1.54, 1.807) is 26.4 Å². The van der Waals surface area contributed by atoms with Crippen molar-refractivity contribution in [1.82, 2.24) is 10.2 Å². The first-order valence-corrected chi connectivity index (χ1v) is 11.0. The third-order valence-electron chi connectivity index (χ3n) is 5.41. The topological polar surface area (TPSA) is 100 Å². The molecule has 0 aliphatic rings. The van der Waals surface area contributed by atoms with Crippen molar-refractivity contribution in [3.63, 3.8) is 0 Å². The van der Waals surface area contributed by atoms with Crippen LogP contribution in [-0.4, -0.2) is 42.2 Å². The molecule has 31 heavy (non-hydrogen) atoms. The SMILES string of the molecule is CCCCCC(CC)Nc1nnc(-c2ccc(OC)cc2O)c(CCCOC)c1C#N. The molecule has 168 valence electrons. The van der Waals surface area contributed by atoms with Crippen LogP contribution in [0.25, 0.3) is 11.3 Å². The van der Waals surface area contributed by atoms with Gasteiger partial charge in [0.15, 0.2) is 5.82 Å². The molecule has 7 heteroatoms. The highest BCUT2D eigenvalue weighted by Crippen LogP contribution is 2.36. The number of methoxy groups -OCH3 is 2. The van der Waals surface area contributed by atoms with Crippen LogP contribution in [0.1, 0.15) is 63.5 Å². The molecule has 1 aromatic heterocycles. The maximum Gasteiger partial charge on any atom is 0.167 e. The molecule has 1 atom stereocenters. The van der Waals surface area contributed by atoms with Gasteiger partial charge < -0.3 is 19.9 Å². The lowest BCUT2D eigenvalue weighted by atomic mass is 9.97. The van der Waals surface area contributed by atoms with Crippen LogP contribution in [0.2, 0.25) is 0 Å². The number of nitrogens with one attached hydrogen (secondary N) is 1. The van der Waals surface area contributed by atoms with Crippen molar-refractivity contribution < 1.29 is 14.6 Å². The first kappa shape index (κ1) is 24.4. The van der Waals surface area contributed by atoms with Gasteiger partial charge in [-0.05, 0) is 37.8 Å². The molecule has 0 radical (unpaired) electrons. The maximum atomic E-state index is 10.5. The minimum atomic E-state index is 0.0391. The van der Waals surface area contributed by atoms with E-state index in [0.29, 0.717) is 41.4 Å². The van der Waals surface area contributed by atoms with Gasteiger partial charge in [-0.2, -0.15) is 5.26 Å². The van der Waals surface area contributed by atoms with Gasteiger partial charge in [-0.1, -0.05) is 33.1 Å². The van der Waals surface area contributed by atoms with Gasteiger partial charge in [0.2, 0.25) is 0 Å². The number of nitriles is 1. The maximum absolute atomic E-state index is 10.5. The molecule has 0 aliphatic heterocycles. The van der Waals surface area contributed by atoms with E-state index in [1.807, 2.05) is 0 Å². The van der Waals surface area contributed by atoms with Crippen molar-refractivity contribution in [3.05, 3.63) is 29.3 Å². The van der Waals surface area contributed by atoms with Crippen molar-refractivity contribution in [3.8, 4) is 28.8 Å². The third kappa shape index (κ3) is 6.56. The molecule has 7 nitrogen and oxygen atoms in total. The normalized spacial score (nSPS) is 11.7. The highest BCUT2D eigenvalue weighted by molar-refractivity contribution is 5.74. The summed E-state index contributed by atoms with van der Waals surface area (Å²) in [6.07, 6.45) is 6.78. The van der Waals surface area contributed by atoms with E-state index in [-0.39, 0.29) is 11.8 Å². The van der Waals surface area contributed by atoms with Crippen molar-refractivity contribution >= 4 is 5.82 Å². The summed E-state index contributed by atoms with van der Waals surface area (Å²) in [5.41, 5.74) is 2.28. The molecule has 0 spiro atoms. The molecule has 0 saturated carbocycles. The number of rotatable bonds is 13. The van der Waals surface area contributed by atoms with Gasteiger partial charge in [-0.25, -0.2) is 0 Å². The van der Waals surface area contributed by atoms with E-state index in [2.05, 4.69) is 35.4 Å². The lowest BCUT2D eigenvalue weighted by molar-refractivity contribution is 0.195. The zero-order chi connectivity index (χ0) is 22.6. The number of nitrogens with zero attached hydrogens (tertiary/aromatic N) is 3. The van der Waals surface area contributed by atoms with Crippen molar-refractivity contribution in [2.75, 3.05) is 26.1 Å². The molecule has 2 aromatic rings. The van der Waals surface area contributed by atoms with Crippen LogP contribution in [0.15, 0.2) is 18.2 Å². The Hall–Kier alpha value is -2.85. The van der Waals surface area contributed by atoms with Gasteiger partial charge in [0.05, 0.1) is 7.11 Å². The summed E-state index contributed by atoms with van der Waals surface area (Å²) in [5, 5.41) is 32.8. The summed E-state index contributed by atoms with van der Waals surface area (Å²) in [6, 6.07) is 7.60. The molecule has 1 heterocycles. The number of aromatic nitrogens is 2. The Bertz CT molecular complexity index is 880. The first-order valence-electron chi connectivity index (χ1n) is 11.0. The zero-order valence-corrected chi connectivity index (χ0v) is 19.1. The molecule has 2 N–H and O–H groups in total. The summed E-state index contributed by atoms with van der Waals surface area (Å²) in [4.78, 5) is 0.